The molecule has 2 aromatic rings. The van der Waals surface area contributed by atoms with Gasteiger partial charge in [-0.05, 0) is 17.7 Å². The van der Waals surface area contributed by atoms with Gasteiger partial charge in [0.1, 0.15) is 0 Å². The molecule has 0 spiro atoms. The second-order valence-corrected chi connectivity index (χ2v) is 3.47. The van der Waals surface area contributed by atoms with Gasteiger partial charge in [-0.1, -0.05) is 6.92 Å². The van der Waals surface area contributed by atoms with E-state index in [0.29, 0.717) is 5.69 Å². The predicted molar refractivity (Wildman–Crippen MR) is 56.3 cm³/mol. The average Bonchev–Trinajstić information content (AvgIpc) is 2.81. The number of aliphatic hydroxyl groups excluding tert-OH is 1. The van der Waals surface area contributed by atoms with E-state index in [-0.39, 0.29) is 12.5 Å². The van der Waals surface area contributed by atoms with E-state index in [1.165, 1.54) is 0 Å². The number of hydrogen-bond acceptors (Lipinski definition) is 3. The predicted octanol–water partition coefficient (Wildman–Crippen LogP) is 1.45. The molecule has 0 aliphatic rings. The van der Waals surface area contributed by atoms with Gasteiger partial charge in [-0.15, -0.1) is 0 Å². The lowest BCUT2D eigenvalue weighted by molar-refractivity contribution is 0.276. The summed E-state index contributed by atoms with van der Waals surface area (Å²) in [7, 11) is 0. The van der Waals surface area contributed by atoms with Crippen molar-refractivity contribution in [2.45, 2.75) is 19.4 Å². The van der Waals surface area contributed by atoms with Crippen LogP contribution in [0, 0.1) is 0 Å². The number of aliphatic hydroxyl groups is 1. The summed E-state index contributed by atoms with van der Waals surface area (Å²) in [4.78, 5) is 11.1. The first-order valence-corrected chi connectivity index (χ1v) is 4.85. The van der Waals surface area contributed by atoms with E-state index in [1.807, 2.05) is 18.3 Å². The number of imidazole rings is 1. The molecule has 0 aliphatic carbocycles. The molecule has 0 saturated carbocycles. The molecule has 1 atom stereocenters. The van der Waals surface area contributed by atoms with Crippen LogP contribution in [0.5, 0.6) is 0 Å². The van der Waals surface area contributed by atoms with Crippen molar-refractivity contribution in [3.63, 3.8) is 0 Å². The number of hydrogen-bond donors (Lipinski definition) is 2. The lowest BCUT2D eigenvalue weighted by Gasteiger charge is -2.10. The van der Waals surface area contributed by atoms with Crippen LogP contribution in [-0.2, 0) is 6.61 Å². The Hall–Kier alpha value is -1.68. The molecule has 0 aliphatic heterocycles. The summed E-state index contributed by atoms with van der Waals surface area (Å²) < 4.78 is 0. The summed E-state index contributed by atoms with van der Waals surface area (Å²) in [5.74, 6) is 0.237. The summed E-state index contributed by atoms with van der Waals surface area (Å²) in [6, 6.07) is 3.86. The molecule has 0 saturated heterocycles. The number of nitrogens with zero attached hydrogens (tertiary/aromatic N) is 2. The van der Waals surface area contributed by atoms with Gasteiger partial charge in [0.25, 0.3) is 0 Å². The molecule has 78 valence electrons. The SMILES string of the molecule is C[C@H](c1ccnc(CO)c1)c1cnc[nH]1. The van der Waals surface area contributed by atoms with Crippen molar-refractivity contribution < 1.29 is 5.11 Å². The van der Waals surface area contributed by atoms with Crippen LogP contribution < -0.4 is 0 Å². The number of H-pyrrole nitrogens is 1. The van der Waals surface area contributed by atoms with Crippen LogP contribution in [0.25, 0.3) is 0 Å². The van der Waals surface area contributed by atoms with Gasteiger partial charge in [-0.3, -0.25) is 4.98 Å². The fourth-order valence-corrected chi connectivity index (χ4v) is 1.54. The summed E-state index contributed by atoms with van der Waals surface area (Å²) in [5.41, 5.74) is 2.88. The second kappa shape index (κ2) is 4.23. The minimum absolute atomic E-state index is 0.0243. The lowest BCUT2D eigenvalue weighted by Crippen LogP contribution is -1.99. The Morgan fingerprint density at radius 3 is 3.07 bits per heavy atom. The Morgan fingerprint density at radius 2 is 2.40 bits per heavy atom. The van der Waals surface area contributed by atoms with Gasteiger partial charge < -0.3 is 10.1 Å². The number of aromatic nitrogens is 3. The molecule has 0 aromatic carbocycles. The maximum absolute atomic E-state index is 8.99. The summed E-state index contributed by atoms with van der Waals surface area (Å²) in [6.07, 6.45) is 5.19. The zero-order chi connectivity index (χ0) is 10.7. The molecule has 4 heteroatoms. The number of rotatable bonds is 3. The summed E-state index contributed by atoms with van der Waals surface area (Å²) in [6.45, 7) is 2.06. The highest BCUT2D eigenvalue weighted by Crippen LogP contribution is 2.21. The van der Waals surface area contributed by atoms with E-state index in [1.54, 1.807) is 12.5 Å². The highest BCUT2D eigenvalue weighted by molar-refractivity contribution is 5.26. The number of aromatic amines is 1. The van der Waals surface area contributed by atoms with Crippen LogP contribution in [-0.4, -0.2) is 20.1 Å². The van der Waals surface area contributed by atoms with E-state index in [0.717, 1.165) is 11.3 Å². The Labute approximate surface area is 88.0 Å². The Bertz CT molecular complexity index is 425. The van der Waals surface area contributed by atoms with Crippen LogP contribution >= 0.6 is 0 Å². The number of nitrogens with one attached hydrogen (secondary N) is 1. The van der Waals surface area contributed by atoms with E-state index in [4.69, 9.17) is 5.11 Å². The van der Waals surface area contributed by atoms with Crippen molar-refractivity contribution in [2.24, 2.45) is 0 Å². The smallest absolute Gasteiger partial charge is 0.0921 e. The fraction of sp³-hybridized carbons (Fsp3) is 0.273. The van der Waals surface area contributed by atoms with Crippen molar-refractivity contribution in [2.75, 3.05) is 0 Å². The molecule has 2 N–H and O–H groups in total. The first kappa shape index (κ1) is 9.86. The highest BCUT2D eigenvalue weighted by atomic mass is 16.3. The maximum Gasteiger partial charge on any atom is 0.0921 e. The van der Waals surface area contributed by atoms with Gasteiger partial charge in [-0.2, -0.15) is 0 Å². The van der Waals surface area contributed by atoms with Crippen LogP contribution in [0.1, 0.15) is 29.8 Å². The van der Waals surface area contributed by atoms with Crippen LogP contribution in [0.4, 0.5) is 0 Å². The van der Waals surface area contributed by atoms with Gasteiger partial charge in [0.05, 0.1) is 18.6 Å². The summed E-state index contributed by atoms with van der Waals surface area (Å²) in [5, 5.41) is 8.99. The molecule has 15 heavy (non-hydrogen) atoms. The van der Waals surface area contributed by atoms with Crippen LogP contribution in [0.2, 0.25) is 0 Å². The fourth-order valence-electron chi connectivity index (χ4n) is 1.54. The van der Waals surface area contributed by atoms with Gasteiger partial charge in [0, 0.05) is 24.0 Å². The van der Waals surface area contributed by atoms with Crippen molar-refractivity contribution in [1.82, 2.24) is 15.0 Å². The molecule has 2 rings (SSSR count). The molecule has 0 amide bonds. The first-order chi connectivity index (χ1) is 7.31. The standard InChI is InChI=1S/C11H13N3O/c1-8(11-5-12-7-14-11)9-2-3-13-10(4-9)6-15/h2-5,7-8,15H,6H2,1H3,(H,12,14)/t8-/m1/s1. The molecule has 0 fully saturated rings. The van der Waals surface area contributed by atoms with Crippen molar-refractivity contribution >= 4 is 0 Å². The third-order valence-electron chi connectivity index (χ3n) is 2.49. The second-order valence-electron chi connectivity index (χ2n) is 3.47. The van der Waals surface area contributed by atoms with Gasteiger partial charge in [-0.25, -0.2) is 4.98 Å². The average molecular weight is 203 g/mol. The van der Waals surface area contributed by atoms with Crippen LogP contribution in [0.3, 0.4) is 0 Å². The third kappa shape index (κ3) is 2.05. The largest absolute Gasteiger partial charge is 0.390 e. The molecule has 0 unspecified atom stereocenters. The minimum atomic E-state index is -0.0243. The van der Waals surface area contributed by atoms with Crippen LogP contribution in [0.15, 0.2) is 30.9 Å². The van der Waals surface area contributed by atoms with E-state index < -0.39 is 0 Å². The molecule has 2 heterocycles. The minimum Gasteiger partial charge on any atom is -0.390 e. The molecule has 2 aromatic heterocycles. The quantitative estimate of drug-likeness (QED) is 0.793. The zero-order valence-corrected chi connectivity index (χ0v) is 8.51. The van der Waals surface area contributed by atoms with E-state index in [2.05, 4.69) is 21.9 Å². The number of pyridine rings is 1. The summed E-state index contributed by atoms with van der Waals surface area (Å²) >= 11 is 0. The zero-order valence-electron chi connectivity index (χ0n) is 8.51. The van der Waals surface area contributed by atoms with Crippen molar-refractivity contribution in [1.29, 1.82) is 0 Å². The Morgan fingerprint density at radius 1 is 1.53 bits per heavy atom. The first-order valence-electron chi connectivity index (χ1n) is 4.85. The normalized spacial score (nSPS) is 12.7. The molecular formula is C11H13N3O. The monoisotopic (exact) mass is 203 g/mol. The third-order valence-corrected chi connectivity index (χ3v) is 2.49. The topological polar surface area (TPSA) is 61.8 Å². The Balaban J connectivity index is 2.29. The maximum atomic E-state index is 8.99. The van der Waals surface area contributed by atoms with E-state index >= 15 is 0 Å². The van der Waals surface area contributed by atoms with Crippen molar-refractivity contribution in [3.8, 4) is 0 Å². The van der Waals surface area contributed by atoms with E-state index in [9.17, 15) is 0 Å². The molecule has 0 bridgehead atoms. The van der Waals surface area contributed by atoms with Gasteiger partial charge in [0.2, 0.25) is 0 Å². The molecular weight excluding hydrogens is 190 g/mol. The Kier molecular flexibility index (Phi) is 2.78. The molecule has 0 radical (unpaired) electrons. The highest BCUT2D eigenvalue weighted by Gasteiger charge is 2.09. The lowest BCUT2D eigenvalue weighted by atomic mass is 9.99. The van der Waals surface area contributed by atoms with Crippen molar-refractivity contribution in [3.05, 3.63) is 47.8 Å². The molecule has 4 nitrogen and oxygen atoms in total. The van der Waals surface area contributed by atoms with Gasteiger partial charge in [0.15, 0.2) is 0 Å². The van der Waals surface area contributed by atoms with Gasteiger partial charge >= 0.3 is 0 Å².